The Balaban J connectivity index is 2.28. The van der Waals surface area contributed by atoms with Gasteiger partial charge in [0.15, 0.2) is 0 Å². The zero-order valence-corrected chi connectivity index (χ0v) is 14.6. The maximum atomic E-state index is 13.6. The van der Waals surface area contributed by atoms with Crippen molar-refractivity contribution in [3.8, 4) is 0 Å². The van der Waals surface area contributed by atoms with Crippen LogP contribution in [0.5, 0.6) is 0 Å². The molecular formula is C16H16Br2FN. The molecule has 0 aromatic heterocycles. The van der Waals surface area contributed by atoms with E-state index in [1.807, 2.05) is 13.1 Å². The van der Waals surface area contributed by atoms with Crippen LogP contribution in [0.2, 0.25) is 0 Å². The fraction of sp³-hybridized carbons (Fsp3) is 0.250. The second kappa shape index (κ2) is 6.83. The SMILES string of the molecule is CNC(Cc1cccc(F)c1Br)c1ccc(Br)c(C)c1. The van der Waals surface area contributed by atoms with Gasteiger partial charge < -0.3 is 5.32 Å². The van der Waals surface area contributed by atoms with Gasteiger partial charge in [0.2, 0.25) is 0 Å². The lowest BCUT2D eigenvalue weighted by Crippen LogP contribution is -2.19. The van der Waals surface area contributed by atoms with Gasteiger partial charge in [0.05, 0.1) is 4.47 Å². The van der Waals surface area contributed by atoms with Crippen LogP contribution in [0.25, 0.3) is 0 Å². The van der Waals surface area contributed by atoms with Crippen LogP contribution in [0.3, 0.4) is 0 Å². The Kier molecular flexibility index (Phi) is 5.35. The molecule has 0 fully saturated rings. The number of halogens is 3. The Morgan fingerprint density at radius 3 is 2.60 bits per heavy atom. The van der Waals surface area contributed by atoms with E-state index in [2.05, 4.69) is 62.3 Å². The largest absolute Gasteiger partial charge is 0.313 e. The molecule has 0 amide bonds. The van der Waals surface area contributed by atoms with Crippen molar-refractivity contribution in [2.75, 3.05) is 7.05 Å². The molecule has 0 heterocycles. The molecule has 1 nitrogen and oxygen atoms in total. The van der Waals surface area contributed by atoms with Crippen molar-refractivity contribution in [3.05, 3.63) is 67.9 Å². The van der Waals surface area contributed by atoms with Crippen LogP contribution in [-0.4, -0.2) is 7.05 Å². The summed E-state index contributed by atoms with van der Waals surface area (Å²) in [6.07, 6.45) is 0.732. The molecule has 0 aliphatic rings. The highest BCUT2D eigenvalue weighted by molar-refractivity contribution is 9.10. The van der Waals surface area contributed by atoms with E-state index in [0.717, 1.165) is 16.5 Å². The summed E-state index contributed by atoms with van der Waals surface area (Å²) in [6.45, 7) is 2.07. The van der Waals surface area contributed by atoms with Crippen molar-refractivity contribution in [3.63, 3.8) is 0 Å². The first-order valence-corrected chi connectivity index (χ1v) is 7.97. The van der Waals surface area contributed by atoms with E-state index in [9.17, 15) is 4.39 Å². The van der Waals surface area contributed by atoms with Gasteiger partial charge in [0.1, 0.15) is 5.82 Å². The minimum atomic E-state index is -0.218. The molecule has 0 radical (unpaired) electrons. The highest BCUT2D eigenvalue weighted by Gasteiger charge is 2.14. The van der Waals surface area contributed by atoms with Crippen LogP contribution in [0, 0.1) is 12.7 Å². The van der Waals surface area contributed by atoms with E-state index in [1.54, 1.807) is 6.07 Å². The van der Waals surface area contributed by atoms with Crippen LogP contribution >= 0.6 is 31.9 Å². The number of aryl methyl sites for hydroxylation is 1. The van der Waals surface area contributed by atoms with Crippen LogP contribution in [-0.2, 0) is 6.42 Å². The van der Waals surface area contributed by atoms with Crippen molar-refractivity contribution in [1.82, 2.24) is 5.32 Å². The highest BCUT2D eigenvalue weighted by Crippen LogP contribution is 2.27. The molecule has 20 heavy (non-hydrogen) atoms. The molecular weight excluding hydrogens is 385 g/mol. The number of hydrogen-bond donors (Lipinski definition) is 1. The molecule has 1 N–H and O–H groups in total. The van der Waals surface area contributed by atoms with Crippen LogP contribution < -0.4 is 5.32 Å². The summed E-state index contributed by atoms with van der Waals surface area (Å²) < 4.78 is 15.2. The van der Waals surface area contributed by atoms with Gasteiger partial charge in [0, 0.05) is 10.5 Å². The smallest absolute Gasteiger partial charge is 0.137 e. The van der Waals surface area contributed by atoms with Gasteiger partial charge in [0.25, 0.3) is 0 Å². The molecule has 0 bridgehead atoms. The number of likely N-dealkylation sites (N-methyl/N-ethyl adjacent to an activating group) is 1. The minimum absolute atomic E-state index is 0.153. The lowest BCUT2D eigenvalue weighted by atomic mass is 9.97. The molecule has 2 rings (SSSR count). The Labute approximate surface area is 135 Å². The zero-order chi connectivity index (χ0) is 14.7. The minimum Gasteiger partial charge on any atom is -0.313 e. The summed E-state index contributed by atoms with van der Waals surface area (Å²) in [5, 5.41) is 3.30. The first-order valence-electron chi connectivity index (χ1n) is 6.39. The average Bonchev–Trinajstić information content (AvgIpc) is 2.44. The molecule has 106 valence electrons. The van der Waals surface area contributed by atoms with Crippen LogP contribution in [0.4, 0.5) is 4.39 Å². The molecule has 1 unspecified atom stereocenters. The van der Waals surface area contributed by atoms with Gasteiger partial charge in [-0.3, -0.25) is 0 Å². The van der Waals surface area contributed by atoms with E-state index in [4.69, 9.17) is 0 Å². The lowest BCUT2D eigenvalue weighted by Gasteiger charge is -2.18. The Morgan fingerprint density at radius 2 is 1.95 bits per heavy atom. The molecule has 4 heteroatoms. The summed E-state index contributed by atoms with van der Waals surface area (Å²) in [6, 6.07) is 11.6. The standard InChI is InChI=1S/C16H16Br2FN/c1-10-8-11(6-7-13(10)17)15(20-2)9-12-4-3-5-14(19)16(12)18/h3-8,15,20H,9H2,1-2H3. The summed E-state index contributed by atoms with van der Waals surface area (Å²) in [7, 11) is 1.93. The number of rotatable bonds is 4. The van der Waals surface area contributed by atoms with Gasteiger partial charge in [-0.1, -0.05) is 40.2 Å². The van der Waals surface area contributed by atoms with E-state index < -0.39 is 0 Å². The van der Waals surface area contributed by atoms with E-state index in [0.29, 0.717) is 4.47 Å². The molecule has 0 aliphatic carbocycles. The molecule has 2 aromatic carbocycles. The second-order valence-corrected chi connectivity index (χ2v) is 6.41. The second-order valence-electron chi connectivity index (χ2n) is 4.77. The van der Waals surface area contributed by atoms with Crippen molar-refractivity contribution < 1.29 is 4.39 Å². The maximum absolute atomic E-state index is 13.6. The van der Waals surface area contributed by atoms with Crippen molar-refractivity contribution in [1.29, 1.82) is 0 Å². The average molecular weight is 401 g/mol. The molecule has 0 saturated carbocycles. The highest BCUT2D eigenvalue weighted by atomic mass is 79.9. The predicted molar refractivity (Wildman–Crippen MR) is 88.5 cm³/mol. The van der Waals surface area contributed by atoms with Crippen LogP contribution in [0.15, 0.2) is 45.3 Å². The maximum Gasteiger partial charge on any atom is 0.137 e. The third-order valence-corrected chi connectivity index (χ3v) is 5.17. The molecule has 2 aromatic rings. The predicted octanol–water partition coefficient (Wildman–Crippen LogP) is 5.16. The number of benzene rings is 2. The molecule has 1 atom stereocenters. The van der Waals surface area contributed by atoms with Gasteiger partial charge >= 0.3 is 0 Å². The normalized spacial score (nSPS) is 12.4. The summed E-state index contributed by atoms with van der Waals surface area (Å²) in [4.78, 5) is 0. The fourth-order valence-corrected chi connectivity index (χ4v) is 2.87. The Morgan fingerprint density at radius 1 is 1.20 bits per heavy atom. The zero-order valence-electron chi connectivity index (χ0n) is 11.4. The van der Waals surface area contributed by atoms with Gasteiger partial charge in [-0.2, -0.15) is 0 Å². The summed E-state index contributed by atoms with van der Waals surface area (Å²) >= 11 is 6.84. The Hall–Kier alpha value is -0.710. The number of hydrogen-bond acceptors (Lipinski definition) is 1. The van der Waals surface area contributed by atoms with E-state index in [-0.39, 0.29) is 11.9 Å². The third-order valence-electron chi connectivity index (χ3n) is 3.39. The Bertz CT molecular complexity index is 613. The topological polar surface area (TPSA) is 12.0 Å². The first kappa shape index (κ1) is 15.7. The molecule has 0 spiro atoms. The van der Waals surface area contributed by atoms with Gasteiger partial charge in [-0.15, -0.1) is 0 Å². The lowest BCUT2D eigenvalue weighted by molar-refractivity contribution is 0.580. The summed E-state index contributed by atoms with van der Waals surface area (Å²) in [5.41, 5.74) is 3.36. The van der Waals surface area contributed by atoms with Crippen molar-refractivity contribution >= 4 is 31.9 Å². The quantitative estimate of drug-likeness (QED) is 0.747. The van der Waals surface area contributed by atoms with Crippen molar-refractivity contribution in [2.24, 2.45) is 0 Å². The first-order chi connectivity index (χ1) is 9.52. The molecule has 0 saturated heterocycles. The summed E-state index contributed by atoms with van der Waals surface area (Å²) in [5.74, 6) is -0.218. The van der Waals surface area contributed by atoms with E-state index >= 15 is 0 Å². The third kappa shape index (κ3) is 3.48. The van der Waals surface area contributed by atoms with E-state index in [1.165, 1.54) is 17.2 Å². The van der Waals surface area contributed by atoms with Gasteiger partial charge in [-0.25, -0.2) is 4.39 Å². The van der Waals surface area contributed by atoms with Crippen molar-refractivity contribution in [2.45, 2.75) is 19.4 Å². The fourth-order valence-electron chi connectivity index (χ4n) is 2.20. The monoisotopic (exact) mass is 399 g/mol. The van der Waals surface area contributed by atoms with Crippen LogP contribution in [0.1, 0.15) is 22.7 Å². The van der Waals surface area contributed by atoms with Gasteiger partial charge in [-0.05, 0) is 65.1 Å². The molecule has 0 aliphatic heterocycles. The number of nitrogens with one attached hydrogen (secondary N) is 1.